The van der Waals surface area contributed by atoms with Gasteiger partial charge in [-0.25, -0.2) is 4.79 Å². The summed E-state index contributed by atoms with van der Waals surface area (Å²) in [6, 6.07) is 14.8. The van der Waals surface area contributed by atoms with Crippen LogP contribution in [-0.4, -0.2) is 25.0 Å². The lowest BCUT2D eigenvalue weighted by molar-refractivity contribution is -0.143. The van der Waals surface area contributed by atoms with Crippen molar-refractivity contribution in [3.63, 3.8) is 0 Å². The molecule has 6 heteroatoms. The molecule has 0 aliphatic rings. The van der Waals surface area contributed by atoms with Gasteiger partial charge in [-0.3, -0.25) is 4.79 Å². The summed E-state index contributed by atoms with van der Waals surface area (Å²) in [5, 5.41) is 3.54. The molecule has 2 rings (SSSR count). The van der Waals surface area contributed by atoms with Gasteiger partial charge in [-0.05, 0) is 35.8 Å². The number of nitrogens with one attached hydrogen (secondary N) is 1. The largest absolute Gasteiger partial charge is 0.452 e. The fourth-order valence-electron chi connectivity index (χ4n) is 2.01. The van der Waals surface area contributed by atoms with Crippen molar-refractivity contribution in [1.29, 1.82) is 0 Å². The lowest BCUT2D eigenvalue weighted by atomic mass is 10.1. The van der Waals surface area contributed by atoms with E-state index < -0.39 is 5.97 Å². The van der Waals surface area contributed by atoms with Crippen LogP contribution in [-0.2, 0) is 20.7 Å². The maximum Gasteiger partial charge on any atom is 0.331 e. The molecule has 0 saturated heterocycles. The van der Waals surface area contributed by atoms with Crippen molar-refractivity contribution in [3.05, 3.63) is 75.8 Å². The molecule has 25 heavy (non-hydrogen) atoms. The van der Waals surface area contributed by atoms with E-state index in [-0.39, 0.29) is 12.5 Å². The van der Waals surface area contributed by atoms with Gasteiger partial charge >= 0.3 is 5.97 Å². The summed E-state index contributed by atoms with van der Waals surface area (Å²) in [6.07, 6.45) is 3.49. The molecule has 130 valence electrons. The third kappa shape index (κ3) is 6.99. The number of carbonyl (C=O) groups excluding carboxylic acids is 2. The topological polar surface area (TPSA) is 55.4 Å². The minimum Gasteiger partial charge on any atom is -0.452 e. The molecule has 2 aromatic rings. The maximum absolute atomic E-state index is 11.6. The molecule has 0 fully saturated rings. The Bertz CT molecular complexity index is 761. The molecule has 0 atom stereocenters. The maximum atomic E-state index is 11.6. The standard InChI is InChI=1S/C19H17Cl2NO3/c20-16-8-6-15(12-17(16)21)7-9-19(24)25-13-18(23)22-11-10-14-4-2-1-3-5-14/h1-9,12H,10-11,13H2,(H,22,23)/b9-7+. The Morgan fingerprint density at radius 2 is 1.80 bits per heavy atom. The average Bonchev–Trinajstić information content (AvgIpc) is 2.62. The molecule has 1 N–H and O–H groups in total. The number of amides is 1. The molecule has 0 heterocycles. The fourth-order valence-corrected chi connectivity index (χ4v) is 2.31. The number of rotatable bonds is 7. The van der Waals surface area contributed by atoms with Gasteiger partial charge in [0.05, 0.1) is 10.0 Å². The van der Waals surface area contributed by atoms with E-state index in [1.807, 2.05) is 30.3 Å². The van der Waals surface area contributed by atoms with E-state index >= 15 is 0 Å². The first kappa shape index (κ1) is 19.0. The van der Waals surface area contributed by atoms with Crippen LogP contribution in [0.15, 0.2) is 54.6 Å². The molecule has 4 nitrogen and oxygen atoms in total. The number of halogens is 2. The van der Waals surface area contributed by atoms with Crippen molar-refractivity contribution >= 4 is 41.2 Å². The summed E-state index contributed by atoms with van der Waals surface area (Å²) in [6.45, 7) is 0.166. The SMILES string of the molecule is O=C(COC(=O)/C=C/c1ccc(Cl)c(Cl)c1)NCCc1ccccc1. The van der Waals surface area contributed by atoms with Crippen LogP contribution in [0, 0.1) is 0 Å². The molecule has 2 aromatic carbocycles. The number of ether oxygens (including phenoxy) is 1. The predicted molar refractivity (Wildman–Crippen MR) is 99.6 cm³/mol. The Balaban J connectivity index is 1.69. The molecular formula is C19H17Cl2NO3. The van der Waals surface area contributed by atoms with Crippen LogP contribution in [0.1, 0.15) is 11.1 Å². The van der Waals surface area contributed by atoms with E-state index in [2.05, 4.69) is 5.32 Å². The van der Waals surface area contributed by atoms with Gasteiger partial charge in [0.1, 0.15) is 0 Å². The zero-order valence-electron chi connectivity index (χ0n) is 13.4. The molecule has 0 saturated carbocycles. The van der Waals surface area contributed by atoms with E-state index in [9.17, 15) is 9.59 Å². The molecule has 0 bridgehead atoms. The number of hydrogen-bond donors (Lipinski definition) is 1. The van der Waals surface area contributed by atoms with Crippen LogP contribution in [0.5, 0.6) is 0 Å². The van der Waals surface area contributed by atoms with E-state index in [0.717, 1.165) is 12.0 Å². The molecular weight excluding hydrogens is 361 g/mol. The summed E-state index contributed by atoms with van der Waals surface area (Å²) in [4.78, 5) is 23.3. The van der Waals surface area contributed by atoms with Gasteiger partial charge in [0.2, 0.25) is 0 Å². The van der Waals surface area contributed by atoms with Crippen molar-refractivity contribution < 1.29 is 14.3 Å². The molecule has 0 radical (unpaired) electrons. The number of carbonyl (C=O) groups is 2. The molecule has 1 amide bonds. The van der Waals surface area contributed by atoms with Gasteiger partial charge in [0, 0.05) is 12.6 Å². The van der Waals surface area contributed by atoms with Crippen molar-refractivity contribution in [1.82, 2.24) is 5.32 Å². The van der Waals surface area contributed by atoms with Gasteiger partial charge in [0.25, 0.3) is 5.91 Å². The lowest BCUT2D eigenvalue weighted by Gasteiger charge is -2.05. The van der Waals surface area contributed by atoms with Crippen LogP contribution in [0.4, 0.5) is 0 Å². The summed E-state index contributed by atoms with van der Waals surface area (Å²) in [5.74, 6) is -0.948. The second kappa shape index (κ2) is 9.87. The van der Waals surface area contributed by atoms with Crippen LogP contribution >= 0.6 is 23.2 Å². The Morgan fingerprint density at radius 3 is 2.52 bits per heavy atom. The number of benzene rings is 2. The van der Waals surface area contributed by atoms with E-state index in [1.165, 1.54) is 12.2 Å². The Hall–Kier alpha value is -2.30. The van der Waals surface area contributed by atoms with Gasteiger partial charge in [-0.1, -0.05) is 59.6 Å². The summed E-state index contributed by atoms with van der Waals surface area (Å²) >= 11 is 11.7. The van der Waals surface area contributed by atoms with Crippen molar-refractivity contribution in [2.45, 2.75) is 6.42 Å². The minimum atomic E-state index is -0.607. The molecule has 0 aromatic heterocycles. The molecule has 0 aliphatic carbocycles. The van der Waals surface area contributed by atoms with Gasteiger partial charge in [0.15, 0.2) is 6.61 Å². The first-order valence-electron chi connectivity index (χ1n) is 7.65. The van der Waals surface area contributed by atoms with Crippen LogP contribution in [0.25, 0.3) is 6.08 Å². The summed E-state index contributed by atoms with van der Waals surface area (Å²) < 4.78 is 4.89. The fraction of sp³-hybridized carbons (Fsp3) is 0.158. The first-order valence-corrected chi connectivity index (χ1v) is 8.41. The van der Waals surface area contributed by atoms with Crippen molar-refractivity contribution in [2.75, 3.05) is 13.2 Å². The minimum absolute atomic E-state index is 0.320. The monoisotopic (exact) mass is 377 g/mol. The van der Waals surface area contributed by atoms with Crippen molar-refractivity contribution in [3.8, 4) is 0 Å². The third-order valence-electron chi connectivity index (χ3n) is 3.28. The zero-order chi connectivity index (χ0) is 18.1. The van der Waals surface area contributed by atoms with E-state index in [0.29, 0.717) is 22.2 Å². The molecule has 0 aliphatic heterocycles. The van der Waals surface area contributed by atoms with E-state index in [1.54, 1.807) is 18.2 Å². The third-order valence-corrected chi connectivity index (χ3v) is 4.02. The Kier molecular flexibility index (Phi) is 7.51. The zero-order valence-corrected chi connectivity index (χ0v) is 14.9. The highest BCUT2D eigenvalue weighted by Crippen LogP contribution is 2.23. The smallest absolute Gasteiger partial charge is 0.331 e. The first-order chi connectivity index (χ1) is 12.0. The normalized spacial score (nSPS) is 10.6. The number of hydrogen-bond acceptors (Lipinski definition) is 3. The highest BCUT2D eigenvalue weighted by molar-refractivity contribution is 6.42. The second-order valence-electron chi connectivity index (χ2n) is 5.20. The molecule has 0 unspecified atom stereocenters. The summed E-state index contributed by atoms with van der Waals surface area (Å²) in [7, 11) is 0. The number of esters is 1. The van der Waals surface area contributed by atoms with Gasteiger partial charge in [-0.2, -0.15) is 0 Å². The van der Waals surface area contributed by atoms with Gasteiger partial charge in [-0.15, -0.1) is 0 Å². The predicted octanol–water partition coefficient (Wildman–Crippen LogP) is 3.91. The van der Waals surface area contributed by atoms with Crippen molar-refractivity contribution in [2.24, 2.45) is 0 Å². The van der Waals surface area contributed by atoms with Crippen LogP contribution in [0.3, 0.4) is 0 Å². The Morgan fingerprint density at radius 1 is 1.04 bits per heavy atom. The van der Waals surface area contributed by atoms with Crippen LogP contribution < -0.4 is 5.32 Å². The molecule has 0 spiro atoms. The highest BCUT2D eigenvalue weighted by Gasteiger charge is 2.05. The van der Waals surface area contributed by atoms with E-state index in [4.69, 9.17) is 27.9 Å². The second-order valence-corrected chi connectivity index (χ2v) is 6.01. The average molecular weight is 378 g/mol. The Labute approximate surface area is 156 Å². The van der Waals surface area contributed by atoms with Gasteiger partial charge < -0.3 is 10.1 Å². The summed E-state index contributed by atoms with van der Waals surface area (Å²) in [5.41, 5.74) is 1.84. The quantitative estimate of drug-likeness (QED) is 0.587. The van der Waals surface area contributed by atoms with Crippen LogP contribution in [0.2, 0.25) is 10.0 Å². The highest BCUT2D eigenvalue weighted by atomic mass is 35.5. The lowest BCUT2D eigenvalue weighted by Crippen LogP contribution is -2.30.